The lowest BCUT2D eigenvalue weighted by Crippen LogP contribution is -2.29. The Hall–Kier alpha value is -1.61. The molecular formula is C17H19NO2S. The van der Waals surface area contributed by atoms with Crippen molar-refractivity contribution >= 4 is 10.0 Å². The van der Waals surface area contributed by atoms with Crippen molar-refractivity contribution in [2.75, 3.05) is 13.1 Å². The van der Waals surface area contributed by atoms with Crippen LogP contribution >= 0.6 is 0 Å². The molecule has 1 heterocycles. The molecule has 1 aromatic carbocycles. The number of rotatable bonds is 3. The van der Waals surface area contributed by atoms with Gasteiger partial charge in [0.05, 0.1) is 4.90 Å². The summed E-state index contributed by atoms with van der Waals surface area (Å²) in [6, 6.07) is 7.01. The maximum Gasteiger partial charge on any atom is 0.243 e. The van der Waals surface area contributed by atoms with Crippen molar-refractivity contribution in [1.82, 2.24) is 4.31 Å². The van der Waals surface area contributed by atoms with Gasteiger partial charge >= 0.3 is 0 Å². The fourth-order valence-corrected chi connectivity index (χ4v) is 3.76. The quantitative estimate of drug-likeness (QED) is 0.804. The molecule has 0 N–H and O–H groups in total. The normalized spacial score (nSPS) is 18.9. The van der Waals surface area contributed by atoms with Gasteiger partial charge in [0.25, 0.3) is 0 Å². The minimum atomic E-state index is -3.39. The Labute approximate surface area is 126 Å². The van der Waals surface area contributed by atoms with Gasteiger partial charge < -0.3 is 0 Å². The van der Waals surface area contributed by atoms with Gasteiger partial charge in [-0.3, -0.25) is 0 Å². The molecule has 1 fully saturated rings. The number of aryl methyl sites for hydroxylation is 1. The molecule has 1 aliphatic carbocycles. The summed E-state index contributed by atoms with van der Waals surface area (Å²) in [7, 11) is -3.39. The smallest absolute Gasteiger partial charge is 0.207 e. The predicted molar refractivity (Wildman–Crippen MR) is 83.5 cm³/mol. The van der Waals surface area contributed by atoms with Crippen LogP contribution in [0.2, 0.25) is 0 Å². The van der Waals surface area contributed by atoms with Gasteiger partial charge in [0.15, 0.2) is 0 Å². The third-order valence-corrected chi connectivity index (χ3v) is 5.82. The van der Waals surface area contributed by atoms with Gasteiger partial charge in [-0.05, 0) is 55.5 Å². The first-order valence-corrected chi connectivity index (χ1v) is 8.70. The van der Waals surface area contributed by atoms with Gasteiger partial charge in [-0.15, -0.1) is 5.73 Å². The zero-order valence-electron chi connectivity index (χ0n) is 12.2. The molecule has 1 aliphatic heterocycles. The minimum absolute atomic E-state index is 0.365. The summed E-state index contributed by atoms with van der Waals surface area (Å²) in [5, 5.41) is 0. The predicted octanol–water partition coefficient (Wildman–Crippen LogP) is 3.19. The van der Waals surface area contributed by atoms with E-state index < -0.39 is 10.0 Å². The zero-order valence-corrected chi connectivity index (χ0v) is 13.0. The van der Waals surface area contributed by atoms with Crippen LogP contribution in [0.15, 0.2) is 58.2 Å². The Kier molecular flexibility index (Phi) is 3.85. The van der Waals surface area contributed by atoms with Crippen LogP contribution in [0.25, 0.3) is 0 Å². The average Bonchev–Trinajstić information content (AvgIpc) is 2.87. The van der Waals surface area contributed by atoms with E-state index in [0.717, 1.165) is 24.0 Å². The maximum absolute atomic E-state index is 12.5. The molecule has 0 unspecified atom stereocenters. The monoisotopic (exact) mass is 301 g/mol. The highest BCUT2D eigenvalue weighted by Crippen LogP contribution is 2.25. The molecule has 1 saturated carbocycles. The van der Waals surface area contributed by atoms with Gasteiger partial charge in [0.2, 0.25) is 10.0 Å². The molecule has 0 amide bonds. The van der Waals surface area contributed by atoms with Crippen molar-refractivity contribution in [3.05, 3.63) is 58.9 Å². The highest BCUT2D eigenvalue weighted by Gasteiger charge is 2.27. The molecule has 1 aromatic rings. The van der Waals surface area contributed by atoms with Crippen molar-refractivity contribution in [3.8, 4) is 0 Å². The lowest BCUT2D eigenvalue weighted by molar-refractivity contribution is 0.485. The maximum atomic E-state index is 12.5. The second-order valence-corrected chi connectivity index (χ2v) is 7.57. The topological polar surface area (TPSA) is 37.4 Å². The molecular weight excluding hydrogens is 282 g/mol. The van der Waals surface area contributed by atoms with Crippen LogP contribution in [0.1, 0.15) is 24.8 Å². The first-order valence-electron chi connectivity index (χ1n) is 7.26. The van der Waals surface area contributed by atoms with Crippen molar-refractivity contribution in [2.45, 2.75) is 31.1 Å². The molecule has 0 atom stereocenters. The fourth-order valence-electron chi connectivity index (χ4n) is 2.39. The Bertz CT molecular complexity index is 729. The van der Waals surface area contributed by atoms with Crippen LogP contribution < -0.4 is 0 Å². The Morgan fingerprint density at radius 1 is 1.19 bits per heavy atom. The van der Waals surface area contributed by atoms with Gasteiger partial charge in [-0.25, -0.2) is 8.42 Å². The van der Waals surface area contributed by atoms with E-state index in [2.05, 4.69) is 5.73 Å². The highest BCUT2D eigenvalue weighted by molar-refractivity contribution is 7.89. The minimum Gasteiger partial charge on any atom is -0.207 e. The summed E-state index contributed by atoms with van der Waals surface area (Å²) >= 11 is 0. The SMILES string of the molecule is Cc1ccc(S(=O)(=O)N2CC=C(C=C=C3CCC3)C2)cc1. The molecule has 3 nitrogen and oxygen atoms in total. The van der Waals surface area contributed by atoms with Gasteiger partial charge in [-0.1, -0.05) is 23.8 Å². The summed E-state index contributed by atoms with van der Waals surface area (Å²) in [5.74, 6) is 0. The van der Waals surface area contributed by atoms with Crippen molar-refractivity contribution in [3.63, 3.8) is 0 Å². The zero-order chi connectivity index (χ0) is 14.9. The van der Waals surface area contributed by atoms with Crippen molar-refractivity contribution in [2.24, 2.45) is 0 Å². The number of hydrogen-bond acceptors (Lipinski definition) is 2. The van der Waals surface area contributed by atoms with E-state index in [1.165, 1.54) is 16.3 Å². The Balaban J connectivity index is 1.74. The summed E-state index contributed by atoms with van der Waals surface area (Å²) in [5.41, 5.74) is 6.72. The third kappa shape index (κ3) is 3.03. The summed E-state index contributed by atoms with van der Waals surface area (Å²) < 4.78 is 26.6. The van der Waals surface area contributed by atoms with Crippen molar-refractivity contribution < 1.29 is 8.42 Å². The second-order valence-electron chi connectivity index (χ2n) is 5.64. The van der Waals surface area contributed by atoms with E-state index in [1.807, 2.05) is 31.2 Å². The van der Waals surface area contributed by atoms with E-state index in [-0.39, 0.29) is 0 Å². The first kappa shape index (κ1) is 14.3. The van der Waals surface area contributed by atoms with Crippen LogP contribution in [0.3, 0.4) is 0 Å². The van der Waals surface area contributed by atoms with E-state index in [9.17, 15) is 8.42 Å². The van der Waals surface area contributed by atoms with Gasteiger partial charge in [0, 0.05) is 13.1 Å². The summed E-state index contributed by atoms with van der Waals surface area (Å²) in [6.45, 7) is 2.83. The summed E-state index contributed by atoms with van der Waals surface area (Å²) in [4.78, 5) is 0.365. The molecule has 2 aliphatic rings. The lowest BCUT2D eigenvalue weighted by Gasteiger charge is -2.16. The molecule has 0 spiro atoms. The highest BCUT2D eigenvalue weighted by atomic mass is 32.2. The van der Waals surface area contributed by atoms with E-state index in [4.69, 9.17) is 0 Å². The Morgan fingerprint density at radius 3 is 2.52 bits per heavy atom. The molecule has 3 rings (SSSR count). The largest absolute Gasteiger partial charge is 0.243 e. The molecule has 110 valence electrons. The Morgan fingerprint density at radius 2 is 1.90 bits per heavy atom. The molecule has 0 bridgehead atoms. The van der Waals surface area contributed by atoms with Crippen LogP contribution in [0.5, 0.6) is 0 Å². The fraction of sp³-hybridized carbons (Fsp3) is 0.353. The standard InChI is InChI=1S/C17H19NO2S/c1-14-5-9-17(10-6-14)21(19,20)18-12-11-16(13-18)8-7-15-3-2-4-15/h5-6,8-11H,2-4,12-13H2,1H3. The lowest BCUT2D eigenvalue weighted by atomic mass is 9.93. The molecule has 0 aromatic heterocycles. The number of sulfonamides is 1. The van der Waals surface area contributed by atoms with Crippen LogP contribution in [0, 0.1) is 6.92 Å². The number of benzene rings is 1. The molecule has 0 radical (unpaired) electrons. The molecule has 4 heteroatoms. The first-order chi connectivity index (χ1) is 10.1. The van der Waals surface area contributed by atoms with Gasteiger partial charge in [-0.2, -0.15) is 4.31 Å². The van der Waals surface area contributed by atoms with Crippen LogP contribution in [-0.2, 0) is 10.0 Å². The third-order valence-electron chi connectivity index (χ3n) is 3.99. The van der Waals surface area contributed by atoms with Crippen LogP contribution in [0.4, 0.5) is 0 Å². The summed E-state index contributed by atoms with van der Waals surface area (Å²) in [6.07, 6.45) is 7.44. The average molecular weight is 301 g/mol. The van der Waals surface area contributed by atoms with Crippen molar-refractivity contribution in [1.29, 1.82) is 0 Å². The van der Waals surface area contributed by atoms with E-state index >= 15 is 0 Å². The molecule has 0 saturated heterocycles. The van der Waals surface area contributed by atoms with E-state index in [0.29, 0.717) is 18.0 Å². The van der Waals surface area contributed by atoms with Crippen LogP contribution in [-0.4, -0.2) is 25.8 Å². The van der Waals surface area contributed by atoms with Gasteiger partial charge in [0.1, 0.15) is 0 Å². The number of hydrogen-bond donors (Lipinski definition) is 0. The van der Waals surface area contributed by atoms with E-state index in [1.54, 1.807) is 12.1 Å². The molecule has 21 heavy (non-hydrogen) atoms. The second kappa shape index (κ2) is 5.64. The number of nitrogens with zero attached hydrogens (tertiary/aromatic N) is 1.